The highest BCUT2D eigenvalue weighted by Gasteiger charge is 2.45. The van der Waals surface area contributed by atoms with Crippen molar-refractivity contribution in [1.29, 1.82) is 0 Å². The third-order valence-corrected chi connectivity index (χ3v) is 4.07. The molecule has 19 heavy (non-hydrogen) atoms. The summed E-state index contributed by atoms with van der Waals surface area (Å²) in [5, 5.41) is 2.56. The Balaban J connectivity index is 2.01. The predicted molar refractivity (Wildman–Crippen MR) is 71.8 cm³/mol. The lowest BCUT2D eigenvalue weighted by Crippen LogP contribution is -2.52. The van der Waals surface area contributed by atoms with Crippen LogP contribution in [0.15, 0.2) is 24.3 Å². The fourth-order valence-corrected chi connectivity index (χ4v) is 2.70. The molecule has 1 aromatic rings. The Labute approximate surface area is 111 Å². The van der Waals surface area contributed by atoms with E-state index in [1.54, 1.807) is 4.90 Å². The number of nitrogens with zero attached hydrogens (tertiary/aromatic N) is 1. The zero-order valence-electron chi connectivity index (χ0n) is 10.7. The van der Waals surface area contributed by atoms with Crippen molar-refractivity contribution in [2.75, 3.05) is 24.5 Å². The van der Waals surface area contributed by atoms with E-state index < -0.39 is 11.8 Å². The van der Waals surface area contributed by atoms with Crippen LogP contribution in [-0.4, -0.2) is 31.4 Å². The Bertz CT molecular complexity index is 537. The summed E-state index contributed by atoms with van der Waals surface area (Å²) in [7, 11) is 0. The molecule has 2 fully saturated rings. The number of rotatable bonds is 3. The maximum Gasteiger partial charge on any atom is 0.316 e. The van der Waals surface area contributed by atoms with Gasteiger partial charge in [-0.1, -0.05) is 18.2 Å². The maximum atomic E-state index is 12.0. The van der Waals surface area contributed by atoms with Crippen LogP contribution in [0.2, 0.25) is 0 Å². The molecule has 3 N–H and O–H groups in total. The van der Waals surface area contributed by atoms with Crippen LogP contribution < -0.4 is 16.0 Å². The molecule has 5 nitrogen and oxygen atoms in total. The number of anilines is 1. The number of nitrogens with two attached hydrogens (primary N) is 1. The highest BCUT2D eigenvalue weighted by atomic mass is 16.2. The summed E-state index contributed by atoms with van der Waals surface area (Å²) >= 11 is 0. The largest absolute Gasteiger partial charge is 0.346 e. The van der Waals surface area contributed by atoms with E-state index in [0.717, 1.165) is 24.1 Å². The fraction of sp³-hybridized carbons (Fsp3) is 0.429. The second kappa shape index (κ2) is 4.35. The normalized spacial score (nSPS) is 21.2. The molecule has 0 atom stereocenters. The molecule has 0 unspecified atom stereocenters. The quantitative estimate of drug-likeness (QED) is 0.758. The number of piperazine rings is 1. The van der Waals surface area contributed by atoms with Gasteiger partial charge < -0.3 is 16.0 Å². The number of hydrogen-bond acceptors (Lipinski definition) is 3. The van der Waals surface area contributed by atoms with Crippen molar-refractivity contribution in [2.24, 2.45) is 5.73 Å². The van der Waals surface area contributed by atoms with Gasteiger partial charge in [0.25, 0.3) is 0 Å². The van der Waals surface area contributed by atoms with Crippen molar-refractivity contribution in [3.05, 3.63) is 29.8 Å². The van der Waals surface area contributed by atoms with Gasteiger partial charge in [0, 0.05) is 30.7 Å². The minimum absolute atomic E-state index is 0.00476. The molecule has 1 saturated heterocycles. The number of nitrogens with one attached hydrogen (secondary N) is 1. The van der Waals surface area contributed by atoms with Gasteiger partial charge in [-0.3, -0.25) is 9.59 Å². The third-order valence-electron chi connectivity index (χ3n) is 4.07. The lowest BCUT2D eigenvalue weighted by Gasteiger charge is -2.30. The van der Waals surface area contributed by atoms with Gasteiger partial charge in [-0.05, 0) is 24.5 Å². The highest BCUT2D eigenvalue weighted by Crippen LogP contribution is 2.50. The monoisotopic (exact) mass is 259 g/mol. The topological polar surface area (TPSA) is 75.4 Å². The fourth-order valence-electron chi connectivity index (χ4n) is 2.70. The van der Waals surface area contributed by atoms with E-state index in [2.05, 4.69) is 5.32 Å². The first-order valence-corrected chi connectivity index (χ1v) is 6.57. The zero-order valence-corrected chi connectivity index (χ0v) is 10.7. The Morgan fingerprint density at radius 2 is 2.00 bits per heavy atom. The number of benzene rings is 1. The molecule has 2 aliphatic rings. The van der Waals surface area contributed by atoms with Crippen LogP contribution in [0, 0.1) is 0 Å². The zero-order chi connectivity index (χ0) is 13.5. The molecule has 0 spiro atoms. The first-order chi connectivity index (χ1) is 9.18. The molecule has 1 aliphatic heterocycles. The highest BCUT2D eigenvalue weighted by molar-refractivity contribution is 6.41. The van der Waals surface area contributed by atoms with E-state index in [4.69, 9.17) is 5.73 Å². The van der Waals surface area contributed by atoms with E-state index in [9.17, 15) is 9.59 Å². The van der Waals surface area contributed by atoms with Crippen LogP contribution in [0.5, 0.6) is 0 Å². The van der Waals surface area contributed by atoms with Crippen LogP contribution in [0.25, 0.3) is 0 Å². The predicted octanol–water partition coefficient (Wildman–Crippen LogP) is 0.140. The summed E-state index contributed by atoms with van der Waals surface area (Å²) < 4.78 is 0. The molecule has 3 rings (SSSR count). The number of para-hydroxylation sites is 1. The van der Waals surface area contributed by atoms with Gasteiger partial charge in [0.15, 0.2) is 0 Å². The molecular weight excluding hydrogens is 242 g/mol. The average Bonchev–Trinajstić information content (AvgIpc) is 3.23. The maximum absolute atomic E-state index is 12.0. The lowest BCUT2D eigenvalue weighted by molar-refractivity contribution is -0.138. The van der Waals surface area contributed by atoms with Crippen LogP contribution in [0.1, 0.15) is 18.4 Å². The second-order valence-corrected chi connectivity index (χ2v) is 5.21. The molecule has 1 aliphatic carbocycles. The van der Waals surface area contributed by atoms with E-state index in [1.807, 2.05) is 24.3 Å². The lowest BCUT2D eigenvalue weighted by atomic mass is 9.93. The number of hydrogen-bond donors (Lipinski definition) is 2. The Kier molecular flexibility index (Phi) is 2.78. The Hall–Kier alpha value is -1.88. The van der Waals surface area contributed by atoms with Gasteiger partial charge in [-0.25, -0.2) is 0 Å². The van der Waals surface area contributed by atoms with Gasteiger partial charge in [-0.15, -0.1) is 0 Å². The van der Waals surface area contributed by atoms with Crippen molar-refractivity contribution in [3.63, 3.8) is 0 Å². The summed E-state index contributed by atoms with van der Waals surface area (Å²) in [6.07, 6.45) is 2.10. The molecule has 5 heteroatoms. The van der Waals surface area contributed by atoms with Crippen molar-refractivity contribution >= 4 is 17.5 Å². The summed E-state index contributed by atoms with van der Waals surface area (Å²) in [6, 6.07) is 7.78. The average molecular weight is 259 g/mol. The van der Waals surface area contributed by atoms with Crippen LogP contribution in [0.4, 0.5) is 5.69 Å². The van der Waals surface area contributed by atoms with Gasteiger partial charge in [0.05, 0.1) is 0 Å². The van der Waals surface area contributed by atoms with Crippen molar-refractivity contribution in [1.82, 2.24) is 5.32 Å². The van der Waals surface area contributed by atoms with Crippen LogP contribution in [-0.2, 0) is 15.0 Å². The minimum Gasteiger partial charge on any atom is -0.346 e. The van der Waals surface area contributed by atoms with Crippen molar-refractivity contribution < 1.29 is 9.59 Å². The molecule has 0 bridgehead atoms. The van der Waals surface area contributed by atoms with Crippen molar-refractivity contribution in [3.8, 4) is 0 Å². The summed E-state index contributed by atoms with van der Waals surface area (Å²) in [5.41, 5.74) is 7.82. The summed E-state index contributed by atoms with van der Waals surface area (Å²) in [4.78, 5) is 25.1. The molecule has 100 valence electrons. The van der Waals surface area contributed by atoms with Gasteiger partial charge in [-0.2, -0.15) is 0 Å². The summed E-state index contributed by atoms with van der Waals surface area (Å²) in [6.45, 7) is 1.59. The second-order valence-electron chi connectivity index (χ2n) is 5.21. The number of carbonyl (C=O) groups is 2. The first kappa shape index (κ1) is 12.2. The first-order valence-electron chi connectivity index (χ1n) is 6.57. The summed E-state index contributed by atoms with van der Waals surface area (Å²) in [5.74, 6) is -1.01. The van der Waals surface area contributed by atoms with Crippen molar-refractivity contribution in [2.45, 2.75) is 18.3 Å². The number of amides is 2. The van der Waals surface area contributed by atoms with Crippen LogP contribution >= 0.6 is 0 Å². The SMILES string of the molecule is NCC1(c2ccccc2N2CCNC(=O)C2=O)CC1. The molecule has 2 amide bonds. The molecule has 1 heterocycles. The Morgan fingerprint density at radius 3 is 2.68 bits per heavy atom. The van der Waals surface area contributed by atoms with E-state index in [-0.39, 0.29) is 5.41 Å². The molecule has 0 radical (unpaired) electrons. The van der Waals surface area contributed by atoms with E-state index >= 15 is 0 Å². The van der Waals surface area contributed by atoms with E-state index in [1.165, 1.54) is 0 Å². The standard InChI is InChI=1S/C14H17N3O2/c15-9-14(5-6-14)10-3-1-2-4-11(10)17-8-7-16-12(18)13(17)19/h1-4H,5-9,15H2,(H,16,18). The minimum atomic E-state index is -0.529. The molecule has 0 aromatic heterocycles. The third kappa shape index (κ3) is 1.90. The molecule has 1 aromatic carbocycles. The smallest absolute Gasteiger partial charge is 0.316 e. The Morgan fingerprint density at radius 1 is 1.26 bits per heavy atom. The molecular formula is C14H17N3O2. The van der Waals surface area contributed by atoms with Crippen LogP contribution in [0.3, 0.4) is 0 Å². The van der Waals surface area contributed by atoms with Gasteiger partial charge >= 0.3 is 11.8 Å². The van der Waals surface area contributed by atoms with Gasteiger partial charge in [0.1, 0.15) is 0 Å². The van der Waals surface area contributed by atoms with Gasteiger partial charge in [0.2, 0.25) is 0 Å². The number of carbonyl (C=O) groups excluding carboxylic acids is 2. The molecule has 1 saturated carbocycles. The van der Waals surface area contributed by atoms with E-state index in [0.29, 0.717) is 19.6 Å².